The van der Waals surface area contributed by atoms with E-state index in [-0.39, 0.29) is 42.3 Å². The number of hydrogen-bond acceptors (Lipinski definition) is 16. The van der Waals surface area contributed by atoms with E-state index in [4.69, 9.17) is 28.4 Å². The van der Waals surface area contributed by atoms with Gasteiger partial charge < -0.3 is 49.1 Å². The summed E-state index contributed by atoms with van der Waals surface area (Å²) in [5, 5.41) is 41.8. The number of carbonyl (C=O) groups is 6. The van der Waals surface area contributed by atoms with E-state index in [1.165, 1.54) is 44.2 Å². The Balaban J connectivity index is 1.37. The zero-order chi connectivity index (χ0) is 44.9. The Bertz CT molecular complexity index is 2100. The van der Waals surface area contributed by atoms with Crippen molar-refractivity contribution in [2.75, 3.05) is 6.61 Å². The van der Waals surface area contributed by atoms with Crippen molar-refractivity contribution in [3.8, 4) is 0 Å². The van der Waals surface area contributed by atoms with E-state index >= 15 is 4.79 Å². The molecule has 1 amide bonds. The first-order valence-corrected chi connectivity index (χ1v) is 22.0. The van der Waals surface area contributed by atoms with Gasteiger partial charge in [0.25, 0.3) is 0 Å². The fourth-order valence-electron chi connectivity index (χ4n) is 10.5. The third-order valence-electron chi connectivity index (χ3n) is 14.0. The third kappa shape index (κ3) is 7.62. The Kier molecular flexibility index (Phi) is 12.5. The summed E-state index contributed by atoms with van der Waals surface area (Å²) < 4.78 is 36.0. The second-order valence-corrected chi connectivity index (χ2v) is 18.8. The first-order valence-electron chi connectivity index (χ1n) is 21.1. The molecule has 5 aliphatic rings. The number of aliphatic hydroxyl groups is 3. The van der Waals surface area contributed by atoms with Crippen LogP contribution in [0.4, 0.5) is 4.79 Å². The molecule has 2 aromatic rings. The standard InChI is InChI=1S/C45H55NO15S/c1-7-31(49)59-35-32-23(2)27(58-40(53)34(50)33(28-18-13-19-62-28)46-41(54)57-26-16-11-12-17-26)21-45(55,42(32,4)5)38(60-39(52)25-14-9-8-10-15-25)36-43(6,37(35)51)29(48)20-30-44(36,22-56-30)61-24(3)47/h8-10,13-15,18-19,26-27,29-30,33-36,38,48,50,55H,7,11-12,16-17,20-22H2,1-6H3,(H,46,54)/t27-,29-,30+,33-,34+,35+,36?,38-,43+,44-,45+/m0/s1. The molecule has 1 unspecified atom stereocenters. The van der Waals surface area contributed by atoms with Crippen LogP contribution in [0.2, 0.25) is 0 Å². The second-order valence-electron chi connectivity index (χ2n) is 17.8. The number of thiophene rings is 1. The fraction of sp³-hybridized carbons (Fsp3) is 0.600. The van der Waals surface area contributed by atoms with Crippen LogP contribution in [-0.2, 0) is 47.6 Å². The van der Waals surface area contributed by atoms with E-state index in [2.05, 4.69) is 5.32 Å². The average Bonchev–Trinajstić information content (AvgIpc) is 3.96. The highest BCUT2D eigenvalue weighted by molar-refractivity contribution is 7.10. The first kappa shape index (κ1) is 45.3. The van der Waals surface area contributed by atoms with E-state index < -0.39 is 113 Å². The maximum atomic E-state index is 15.6. The Labute approximate surface area is 363 Å². The number of amides is 1. The molecule has 1 aliphatic heterocycles. The minimum atomic E-state index is -2.38. The molecular formula is C45H55NO15S. The number of ketones is 1. The number of carbonyl (C=O) groups excluding carboxylic acids is 6. The summed E-state index contributed by atoms with van der Waals surface area (Å²) in [5.74, 6) is -6.11. The third-order valence-corrected chi connectivity index (χ3v) is 14.9. The van der Waals surface area contributed by atoms with Crippen LogP contribution in [0.25, 0.3) is 0 Å². The molecule has 0 spiro atoms. The normalized spacial score (nSPS) is 33.5. The summed E-state index contributed by atoms with van der Waals surface area (Å²) in [6, 6.07) is 9.85. The minimum absolute atomic E-state index is 0.0135. The number of nitrogens with one attached hydrogen (secondary N) is 1. The number of rotatable bonds is 11. The molecule has 0 radical (unpaired) electrons. The van der Waals surface area contributed by atoms with Gasteiger partial charge in [-0.2, -0.15) is 0 Å². The molecule has 7 rings (SSSR count). The zero-order valence-corrected chi connectivity index (χ0v) is 36.4. The van der Waals surface area contributed by atoms with Crippen LogP contribution in [0.1, 0.15) is 108 Å². The Morgan fingerprint density at radius 1 is 0.984 bits per heavy atom. The summed E-state index contributed by atoms with van der Waals surface area (Å²) >= 11 is 1.17. The van der Waals surface area contributed by atoms with Crippen molar-refractivity contribution in [3.63, 3.8) is 0 Å². The van der Waals surface area contributed by atoms with Gasteiger partial charge in [-0.3, -0.25) is 14.4 Å². The van der Waals surface area contributed by atoms with Gasteiger partial charge in [0.1, 0.15) is 36.1 Å². The highest BCUT2D eigenvalue weighted by Gasteiger charge is 2.78. The number of fused-ring (bicyclic) bond motifs is 5. The van der Waals surface area contributed by atoms with E-state index in [0.717, 1.165) is 19.8 Å². The van der Waals surface area contributed by atoms with Crippen LogP contribution in [0.3, 0.4) is 0 Å². The predicted molar refractivity (Wildman–Crippen MR) is 218 cm³/mol. The highest BCUT2D eigenvalue weighted by Crippen LogP contribution is 2.64. The molecule has 1 aromatic carbocycles. The summed E-state index contributed by atoms with van der Waals surface area (Å²) in [6.07, 6.45) is -8.59. The van der Waals surface area contributed by atoms with Gasteiger partial charge in [0.05, 0.1) is 29.6 Å². The SMILES string of the molecule is CCC(=O)O[C@H]1C(=O)[C@@]2(C)C([C@H](OC(=O)c3ccccc3)[C@]3(O)C[C@H](OC(=O)[C@H](O)[C@@H](NC(=O)OC4CCCC4)c4cccs4)C(C)=C1C3(C)C)[C@]1(OC(C)=O)CO[C@@H]1C[C@@H]2O. The van der Waals surface area contributed by atoms with Crippen LogP contribution >= 0.6 is 11.3 Å². The Morgan fingerprint density at radius 2 is 1.68 bits per heavy atom. The molecule has 2 heterocycles. The molecule has 62 heavy (non-hydrogen) atoms. The molecule has 3 saturated carbocycles. The number of Topliss-reactive ketones (excluding diaryl/α,β-unsaturated/α-hetero) is 1. The number of esters is 4. The summed E-state index contributed by atoms with van der Waals surface area (Å²) in [5.41, 5.74) is -7.58. The monoisotopic (exact) mass is 881 g/mol. The molecule has 16 nitrogen and oxygen atoms in total. The number of aliphatic hydroxyl groups excluding tert-OH is 2. The smallest absolute Gasteiger partial charge is 0.408 e. The van der Waals surface area contributed by atoms with Gasteiger partial charge in [-0.25, -0.2) is 14.4 Å². The van der Waals surface area contributed by atoms with Crippen molar-refractivity contribution >= 4 is 47.1 Å². The largest absolute Gasteiger partial charge is 0.456 e. The lowest BCUT2D eigenvalue weighted by Gasteiger charge is -2.67. The van der Waals surface area contributed by atoms with Gasteiger partial charge in [0.2, 0.25) is 0 Å². The average molecular weight is 882 g/mol. The molecular weight excluding hydrogens is 827 g/mol. The molecule has 2 bridgehead atoms. The summed E-state index contributed by atoms with van der Waals surface area (Å²) in [6.45, 7) is 8.47. The lowest BCUT2D eigenvalue weighted by molar-refractivity contribution is -0.346. The van der Waals surface area contributed by atoms with Crippen molar-refractivity contribution in [1.29, 1.82) is 0 Å². The van der Waals surface area contributed by atoms with Gasteiger partial charge in [-0.05, 0) is 74.3 Å². The predicted octanol–water partition coefficient (Wildman–Crippen LogP) is 4.43. The molecule has 336 valence electrons. The van der Waals surface area contributed by atoms with Gasteiger partial charge in [-0.1, -0.05) is 45.0 Å². The number of alkyl carbamates (subject to hydrolysis) is 1. The molecule has 4 fully saturated rings. The van der Waals surface area contributed by atoms with E-state index in [1.54, 1.807) is 49.6 Å². The van der Waals surface area contributed by atoms with Crippen LogP contribution < -0.4 is 5.32 Å². The molecule has 1 aromatic heterocycles. The molecule has 11 atom stereocenters. The lowest BCUT2D eigenvalue weighted by Crippen LogP contribution is -2.82. The van der Waals surface area contributed by atoms with E-state index in [0.29, 0.717) is 17.7 Å². The van der Waals surface area contributed by atoms with Crippen LogP contribution in [-0.4, -0.2) is 112 Å². The number of hydrogen-bond donors (Lipinski definition) is 4. The molecule has 4 aliphatic carbocycles. The van der Waals surface area contributed by atoms with Crippen LogP contribution in [0.5, 0.6) is 0 Å². The lowest BCUT2D eigenvalue weighted by atomic mass is 9.44. The molecule has 17 heteroatoms. The van der Waals surface area contributed by atoms with Crippen molar-refractivity contribution < 1.29 is 72.5 Å². The van der Waals surface area contributed by atoms with Gasteiger partial charge in [0, 0.05) is 36.5 Å². The zero-order valence-electron chi connectivity index (χ0n) is 35.6. The van der Waals surface area contributed by atoms with E-state index in [9.17, 15) is 39.3 Å². The molecule has 1 saturated heterocycles. The number of benzene rings is 1. The van der Waals surface area contributed by atoms with Crippen LogP contribution in [0.15, 0.2) is 59.0 Å². The second kappa shape index (κ2) is 17.1. The maximum Gasteiger partial charge on any atom is 0.408 e. The van der Waals surface area contributed by atoms with Crippen LogP contribution in [0, 0.1) is 16.7 Å². The quantitative estimate of drug-likeness (QED) is 0.139. The van der Waals surface area contributed by atoms with Gasteiger partial charge in [-0.15, -0.1) is 11.3 Å². The summed E-state index contributed by atoms with van der Waals surface area (Å²) in [7, 11) is 0. The summed E-state index contributed by atoms with van der Waals surface area (Å²) in [4.78, 5) is 84.0. The Morgan fingerprint density at radius 3 is 2.27 bits per heavy atom. The van der Waals surface area contributed by atoms with Crippen molar-refractivity contribution in [2.24, 2.45) is 16.7 Å². The van der Waals surface area contributed by atoms with E-state index in [1.807, 2.05) is 0 Å². The first-order chi connectivity index (χ1) is 29.3. The van der Waals surface area contributed by atoms with Crippen molar-refractivity contribution in [3.05, 3.63) is 69.4 Å². The number of ether oxygens (including phenoxy) is 6. The maximum absolute atomic E-state index is 15.6. The van der Waals surface area contributed by atoms with Crippen molar-refractivity contribution in [1.82, 2.24) is 5.32 Å². The minimum Gasteiger partial charge on any atom is -0.456 e. The van der Waals surface area contributed by atoms with Gasteiger partial charge >= 0.3 is 30.0 Å². The highest BCUT2D eigenvalue weighted by atomic mass is 32.1. The topological polar surface area (TPSA) is 231 Å². The van der Waals surface area contributed by atoms with Gasteiger partial charge in [0.15, 0.2) is 23.6 Å². The molecule has 4 N–H and O–H groups in total. The fourth-order valence-corrected chi connectivity index (χ4v) is 11.3. The Hall–Kier alpha value is -4.68. The van der Waals surface area contributed by atoms with Crippen molar-refractivity contribution in [2.45, 2.75) is 146 Å².